The molecule has 0 radical (unpaired) electrons. The summed E-state index contributed by atoms with van der Waals surface area (Å²) >= 11 is 1.81. The maximum atomic E-state index is 12.0. The Kier molecular flexibility index (Phi) is 5.12. The molecule has 1 rings (SSSR count). The lowest BCUT2D eigenvalue weighted by atomic mass is 10.1. The monoisotopic (exact) mass is 244 g/mol. The first kappa shape index (κ1) is 13.8. The highest BCUT2D eigenvalue weighted by Crippen LogP contribution is 2.20. The summed E-state index contributed by atoms with van der Waals surface area (Å²) in [6.45, 7) is 9.39. The first-order valence-electron chi connectivity index (χ1n) is 6.05. The van der Waals surface area contributed by atoms with Gasteiger partial charge in [0.1, 0.15) is 0 Å². The van der Waals surface area contributed by atoms with Crippen molar-refractivity contribution in [2.24, 2.45) is 5.92 Å². The van der Waals surface area contributed by atoms with Crippen molar-refractivity contribution in [3.63, 3.8) is 0 Å². The highest BCUT2D eigenvalue weighted by atomic mass is 32.2. The Hall–Kier alpha value is -0.220. The molecule has 3 atom stereocenters. The van der Waals surface area contributed by atoms with Crippen LogP contribution in [0.15, 0.2) is 0 Å². The molecule has 0 aromatic heterocycles. The van der Waals surface area contributed by atoms with E-state index in [-0.39, 0.29) is 18.1 Å². The molecule has 4 heteroatoms. The summed E-state index contributed by atoms with van der Waals surface area (Å²) in [6.07, 6.45) is 3.37. The predicted molar refractivity (Wildman–Crippen MR) is 70.5 cm³/mol. The van der Waals surface area contributed by atoms with Crippen LogP contribution in [0.1, 0.15) is 34.1 Å². The van der Waals surface area contributed by atoms with Crippen LogP contribution in [-0.2, 0) is 4.79 Å². The molecular weight excluding hydrogens is 220 g/mol. The van der Waals surface area contributed by atoms with E-state index in [9.17, 15) is 4.79 Å². The summed E-state index contributed by atoms with van der Waals surface area (Å²) < 4.78 is 0. The van der Waals surface area contributed by atoms with Crippen LogP contribution < -0.4 is 5.32 Å². The van der Waals surface area contributed by atoms with Crippen molar-refractivity contribution in [3.8, 4) is 0 Å². The fourth-order valence-corrected chi connectivity index (χ4v) is 2.37. The lowest BCUT2D eigenvalue weighted by molar-refractivity contribution is -0.129. The zero-order chi connectivity index (χ0) is 12.3. The molecule has 3 nitrogen and oxygen atoms in total. The smallest absolute Gasteiger partial charge is 0.240 e. The van der Waals surface area contributed by atoms with Gasteiger partial charge in [-0.2, -0.15) is 11.8 Å². The summed E-state index contributed by atoms with van der Waals surface area (Å²) in [4.78, 5) is 14.0. The summed E-state index contributed by atoms with van der Waals surface area (Å²) in [5, 5.41) is 3.89. The molecule has 0 spiro atoms. The zero-order valence-electron chi connectivity index (χ0n) is 11.0. The van der Waals surface area contributed by atoms with Crippen LogP contribution >= 0.6 is 11.8 Å². The molecule has 0 aromatic rings. The number of nitrogens with one attached hydrogen (secondary N) is 1. The highest BCUT2D eigenvalue weighted by molar-refractivity contribution is 7.99. The molecule has 1 saturated heterocycles. The molecule has 1 N–H and O–H groups in total. The molecule has 0 aliphatic carbocycles. The first-order valence-corrected chi connectivity index (χ1v) is 7.33. The SMILES string of the molecule is CSC(C)CN1C(=O)C(C)NC1CC(C)C. The van der Waals surface area contributed by atoms with Gasteiger partial charge in [-0.25, -0.2) is 0 Å². The van der Waals surface area contributed by atoms with Crippen molar-refractivity contribution in [2.45, 2.75) is 51.6 Å². The van der Waals surface area contributed by atoms with Gasteiger partial charge in [0.15, 0.2) is 0 Å². The Labute approximate surface area is 103 Å². The average molecular weight is 244 g/mol. The number of hydrogen-bond acceptors (Lipinski definition) is 3. The topological polar surface area (TPSA) is 32.3 Å². The van der Waals surface area contributed by atoms with Gasteiger partial charge in [0.2, 0.25) is 5.91 Å². The van der Waals surface area contributed by atoms with Gasteiger partial charge in [-0.15, -0.1) is 0 Å². The lowest BCUT2D eigenvalue weighted by Crippen LogP contribution is -2.41. The van der Waals surface area contributed by atoms with E-state index in [1.807, 2.05) is 23.6 Å². The second-order valence-corrected chi connectivity index (χ2v) is 6.35. The van der Waals surface area contributed by atoms with Gasteiger partial charge in [0.25, 0.3) is 0 Å². The molecular formula is C12H24N2OS. The van der Waals surface area contributed by atoms with E-state index < -0.39 is 0 Å². The van der Waals surface area contributed by atoms with Gasteiger partial charge in [0, 0.05) is 11.8 Å². The highest BCUT2D eigenvalue weighted by Gasteiger charge is 2.36. The number of carbonyl (C=O) groups is 1. The predicted octanol–water partition coefficient (Wildman–Crippen LogP) is 1.93. The van der Waals surface area contributed by atoms with Gasteiger partial charge in [-0.05, 0) is 25.5 Å². The van der Waals surface area contributed by atoms with Crippen molar-refractivity contribution in [1.29, 1.82) is 0 Å². The summed E-state index contributed by atoms with van der Waals surface area (Å²) in [5.41, 5.74) is 0. The molecule has 1 heterocycles. The third kappa shape index (κ3) is 3.39. The van der Waals surface area contributed by atoms with Crippen LogP contribution in [0.3, 0.4) is 0 Å². The molecule has 1 fully saturated rings. The fourth-order valence-electron chi connectivity index (χ4n) is 2.06. The number of rotatable bonds is 5. The normalized spacial score (nSPS) is 27.9. The van der Waals surface area contributed by atoms with E-state index in [2.05, 4.69) is 32.3 Å². The number of nitrogens with zero attached hydrogens (tertiary/aromatic N) is 1. The van der Waals surface area contributed by atoms with Gasteiger partial charge in [0.05, 0.1) is 12.2 Å². The van der Waals surface area contributed by atoms with Crippen LogP contribution in [0, 0.1) is 5.92 Å². The third-order valence-corrected chi connectivity index (χ3v) is 3.98. The molecule has 94 valence electrons. The fraction of sp³-hybridized carbons (Fsp3) is 0.917. The van der Waals surface area contributed by atoms with Crippen LogP contribution in [0.4, 0.5) is 0 Å². The quantitative estimate of drug-likeness (QED) is 0.802. The van der Waals surface area contributed by atoms with E-state index in [1.165, 1.54) is 0 Å². The van der Waals surface area contributed by atoms with Crippen LogP contribution in [-0.4, -0.2) is 41.1 Å². The molecule has 1 amide bonds. The third-order valence-electron chi connectivity index (χ3n) is 3.02. The van der Waals surface area contributed by atoms with Crippen molar-refractivity contribution in [3.05, 3.63) is 0 Å². The number of carbonyl (C=O) groups excluding carboxylic acids is 1. The largest absolute Gasteiger partial charge is 0.325 e. The molecule has 1 aliphatic heterocycles. The van der Waals surface area contributed by atoms with E-state index in [0.717, 1.165) is 13.0 Å². The molecule has 0 aromatic carbocycles. The first-order chi connectivity index (χ1) is 7.45. The van der Waals surface area contributed by atoms with E-state index in [0.29, 0.717) is 11.2 Å². The van der Waals surface area contributed by atoms with Crippen molar-refractivity contribution in [1.82, 2.24) is 10.2 Å². The second-order valence-electron chi connectivity index (χ2n) is 5.07. The Balaban J connectivity index is 2.63. The maximum absolute atomic E-state index is 12.0. The van der Waals surface area contributed by atoms with Gasteiger partial charge < -0.3 is 4.90 Å². The molecule has 16 heavy (non-hydrogen) atoms. The summed E-state index contributed by atoms with van der Waals surface area (Å²) in [5.74, 6) is 0.870. The minimum absolute atomic E-state index is 0.0159. The van der Waals surface area contributed by atoms with Crippen LogP contribution in [0.2, 0.25) is 0 Å². The number of thioether (sulfide) groups is 1. The Morgan fingerprint density at radius 3 is 2.56 bits per heavy atom. The zero-order valence-corrected chi connectivity index (χ0v) is 11.8. The molecule has 0 saturated carbocycles. The number of amides is 1. The lowest BCUT2D eigenvalue weighted by Gasteiger charge is -2.27. The van der Waals surface area contributed by atoms with Gasteiger partial charge in [-0.3, -0.25) is 10.1 Å². The molecule has 3 unspecified atom stereocenters. The number of hydrogen-bond donors (Lipinski definition) is 1. The molecule has 1 aliphatic rings. The van der Waals surface area contributed by atoms with Gasteiger partial charge >= 0.3 is 0 Å². The second kappa shape index (κ2) is 5.92. The van der Waals surface area contributed by atoms with E-state index in [4.69, 9.17) is 0 Å². The minimum atomic E-state index is -0.0159. The summed E-state index contributed by atoms with van der Waals surface area (Å²) in [7, 11) is 0. The van der Waals surface area contributed by atoms with E-state index in [1.54, 1.807) is 0 Å². The summed E-state index contributed by atoms with van der Waals surface area (Å²) in [6, 6.07) is -0.0159. The van der Waals surface area contributed by atoms with E-state index >= 15 is 0 Å². The Morgan fingerprint density at radius 2 is 2.06 bits per heavy atom. The minimum Gasteiger partial charge on any atom is -0.325 e. The van der Waals surface area contributed by atoms with Crippen molar-refractivity contribution >= 4 is 17.7 Å². The Morgan fingerprint density at radius 1 is 1.44 bits per heavy atom. The van der Waals surface area contributed by atoms with Gasteiger partial charge in [-0.1, -0.05) is 20.8 Å². The Bertz CT molecular complexity index is 245. The van der Waals surface area contributed by atoms with Crippen molar-refractivity contribution in [2.75, 3.05) is 12.8 Å². The van der Waals surface area contributed by atoms with Crippen molar-refractivity contribution < 1.29 is 4.79 Å². The maximum Gasteiger partial charge on any atom is 0.240 e. The molecule has 0 bridgehead atoms. The average Bonchev–Trinajstić information content (AvgIpc) is 2.45. The standard InChI is InChI=1S/C12H24N2OS/c1-8(2)6-11-13-10(4)12(15)14(11)7-9(3)16-5/h8-11,13H,6-7H2,1-5H3. The van der Waals surface area contributed by atoms with Crippen LogP contribution in [0.5, 0.6) is 0 Å². The van der Waals surface area contributed by atoms with Crippen LogP contribution in [0.25, 0.3) is 0 Å².